The highest BCUT2D eigenvalue weighted by Crippen LogP contribution is 2.42. The van der Waals surface area contributed by atoms with Crippen LogP contribution in [0.2, 0.25) is 0 Å². The number of anilines is 2. The maximum absolute atomic E-state index is 13.4. The SMILES string of the molecule is NC(=O)c1c(-c2ccc(Oc3ccccc3)cc2)nn2c1NCC[C@H]2C1CCN(C2CCN(C3CN(C4CN(c5ccc6c(c5)C(=O)N(C5CCC(=O)NC5=O)C6O)C4)C3)CC2)CC1. The maximum Gasteiger partial charge on any atom is 0.257 e. The minimum absolute atomic E-state index is 0.142. The highest BCUT2D eigenvalue weighted by atomic mass is 16.5. The van der Waals surface area contributed by atoms with Gasteiger partial charge in [-0.15, -0.1) is 0 Å². The van der Waals surface area contributed by atoms with Gasteiger partial charge in [0.05, 0.1) is 6.04 Å². The van der Waals surface area contributed by atoms with E-state index < -0.39 is 24.1 Å². The summed E-state index contributed by atoms with van der Waals surface area (Å²) < 4.78 is 8.07. The van der Waals surface area contributed by atoms with Gasteiger partial charge in [-0.25, -0.2) is 4.68 Å². The number of imide groups is 1. The fraction of sp³-hybridized carbons (Fsp3) is 0.479. The lowest BCUT2D eigenvalue weighted by atomic mass is 9.85. The Labute approximate surface area is 372 Å². The quantitative estimate of drug-likeness (QED) is 0.170. The number of fused-ring (bicyclic) bond motifs is 2. The first kappa shape index (κ1) is 40.9. The van der Waals surface area contributed by atoms with Gasteiger partial charge < -0.3 is 30.7 Å². The normalized spacial score (nSPS) is 25.3. The summed E-state index contributed by atoms with van der Waals surface area (Å²) in [5, 5.41) is 21.8. The summed E-state index contributed by atoms with van der Waals surface area (Å²) in [7, 11) is 0. The lowest BCUT2D eigenvalue weighted by Crippen LogP contribution is -2.70. The van der Waals surface area contributed by atoms with E-state index in [2.05, 4.69) is 34.9 Å². The van der Waals surface area contributed by atoms with E-state index in [-0.39, 0.29) is 30.7 Å². The molecule has 0 radical (unpaired) electrons. The second kappa shape index (κ2) is 16.6. The summed E-state index contributed by atoms with van der Waals surface area (Å²) in [6, 6.07) is 24.0. The van der Waals surface area contributed by atoms with Gasteiger partial charge in [-0.3, -0.25) is 39.2 Å². The van der Waals surface area contributed by atoms with Gasteiger partial charge in [0.25, 0.3) is 11.8 Å². The number of nitrogens with zero attached hydrogens (tertiary/aromatic N) is 7. The smallest absolute Gasteiger partial charge is 0.257 e. The molecule has 0 spiro atoms. The Morgan fingerprint density at radius 3 is 2.17 bits per heavy atom. The van der Waals surface area contributed by atoms with Crippen molar-refractivity contribution in [3.05, 3.63) is 89.5 Å². The summed E-state index contributed by atoms with van der Waals surface area (Å²) >= 11 is 0. The molecule has 334 valence electrons. The fourth-order valence-corrected chi connectivity index (χ4v) is 11.5. The first-order chi connectivity index (χ1) is 31.2. The van der Waals surface area contributed by atoms with Gasteiger partial charge in [0, 0.05) is 92.7 Å². The summed E-state index contributed by atoms with van der Waals surface area (Å²) in [6.45, 7) is 9.17. The van der Waals surface area contributed by atoms with E-state index in [9.17, 15) is 24.3 Å². The average molecular weight is 869 g/mol. The standard InChI is InChI=1S/C48H56N10O6/c49-44(60)42-43(30-6-9-36(10-7-30)64-35-4-2-1-3-5-35)52-58-39(14-19-50-45(42)58)29-15-20-53(21-16-29)31-17-22-54(23-18-31)33-25-56(26-33)34-27-55(28-34)32-8-11-37-38(24-32)48(63)57(47(37)62)40-12-13-41(59)51-46(40)61/h1-11,24,29,31,33-34,39-40,47,50,62H,12-23,25-28H2,(H2,49,60)(H,51,59,61)/t39-,40?,47?/m0/s1. The molecule has 0 aliphatic carbocycles. The zero-order chi connectivity index (χ0) is 43.6. The number of primary amides is 1. The molecular weight excluding hydrogens is 813 g/mol. The monoisotopic (exact) mass is 868 g/mol. The number of aliphatic hydroxyl groups is 1. The number of ether oxygens (including phenoxy) is 1. The number of aromatic nitrogens is 2. The van der Waals surface area contributed by atoms with E-state index >= 15 is 0 Å². The molecule has 0 bridgehead atoms. The second-order valence-corrected chi connectivity index (χ2v) is 18.7. The van der Waals surface area contributed by atoms with Crippen molar-refractivity contribution in [3.8, 4) is 22.8 Å². The molecule has 3 atom stereocenters. The predicted octanol–water partition coefficient (Wildman–Crippen LogP) is 3.80. The molecule has 7 aliphatic heterocycles. The number of rotatable bonds is 10. The predicted molar refractivity (Wildman–Crippen MR) is 239 cm³/mol. The largest absolute Gasteiger partial charge is 0.457 e. The molecule has 16 heteroatoms. The van der Waals surface area contributed by atoms with Crippen LogP contribution in [0.3, 0.4) is 0 Å². The van der Waals surface area contributed by atoms with Crippen molar-refractivity contribution in [1.82, 2.24) is 34.7 Å². The van der Waals surface area contributed by atoms with E-state index in [1.165, 1.54) is 17.7 Å². The van der Waals surface area contributed by atoms with Crippen molar-refractivity contribution in [2.75, 3.05) is 69.1 Å². The van der Waals surface area contributed by atoms with E-state index in [1.54, 1.807) is 6.07 Å². The number of hydrogen-bond donors (Lipinski definition) is 4. The summed E-state index contributed by atoms with van der Waals surface area (Å²) in [5.74, 6) is 0.952. The van der Waals surface area contributed by atoms with Crippen molar-refractivity contribution in [2.45, 2.75) is 81.4 Å². The lowest BCUT2D eigenvalue weighted by molar-refractivity contribution is -0.139. The van der Waals surface area contributed by atoms with Crippen molar-refractivity contribution >= 4 is 35.1 Å². The van der Waals surface area contributed by atoms with Crippen LogP contribution in [0.1, 0.15) is 83.5 Å². The van der Waals surface area contributed by atoms with Gasteiger partial charge in [0.1, 0.15) is 34.6 Å². The van der Waals surface area contributed by atoms with E-state index in [0.29, 0.717) is 52.2 Å². The molecule has 7 aliphatic rings. The molecule has 16 nitrogen and oxygen atoms in total. The van der Waals surface area contributed by atoms with Crippen LogP contribution < -0.4 is 26.0 Å². The van der Waals surface area contributed by atoms with Crippen LogP contribution >= 0.6 is 0 Å². The summed E-state index contributed by atoms with van der Waals surface area (Å²) in [5.41, 5.74) is 9.79. The molecule has 5 saturated heterocycles. The number of nitrogens with one attached hydrogen (secondary N) is 2. The molecule has 8 heterocycles. The summed E-state index contributed by atoms with van der Waals surface area (Å²) in [6.07, 6.45) is 4.72. The molecular formula is C48H56N10O6. The third-order valence-corrected chi connectivity index (χ3v) is 15.2. The van der Waals surface area contributed by atoms with Crippen molar-refractivity contribution in [1.29, 1.82) is 0 Å². The number of para-hydroxylation sites is 1. The molecule has 11 rings (SSSR count). The van der Waals surface area contributed by atoms with E-state index in [1.807, 2.05) is 66.7 Å². The zero-order valence-corrected chi connectivity index (χ0v) is 36.0. The Kier molecular flexibility index (Phi) is 10.6. The molecule has 4 aromatic rings. The molecule has 1 aromatic heterocycles. The Morgan fingerprint density at radius 1 is 0.766 bits per heavy atom. The zero-order valence-electron chi connectivity index (χ0n) is 36.0. The van der Waals surface area contributed by atoms with Gasteiger partial charge in [-0.2, -0.15) is 5.10 Å². The maximum atomic E-state index is 13.4. The summed E-state index contributed by atoms with van der Waals surface area (Å²) in [4.78, 5) is 62.0. The molecule has 4 amide bonds. The number of hydrogen-bond acceptors (Lipinski definition) is 12. The Balaban J connectivity index is 0.640. The molecule has 5 fully saturated rings. The van der Waals surface area contributed by atoms with Crippen LogP contribution in [0.4, 0.5) is 11.5 Å². The number of nitrogens with two attached hydrogens (primary N) is 1. The first-order valence-electron chi connectivity index (χ1n) is 23.1. The van der Waals surface area contributed by atoms with E-state index in [0.717, 1.165) is 101 Å². The van der Waals surface area contributed by atoms with Crippen LogP contribution in [-0.2, 0) is 9.59 Å². The third kappa shape index (κ3) is 7.39. The number of piperidine rings is 3. The van der Waals surface area contributed by atoms with Gasteiger partial charge in [-0.05, 0) is 106 Å². The number of aliphatic hydroxyl groups excluding tert-OH is 1. The third-order valence-electron chi connectivity index (χ3n) is 15.2. The molecule has 64 heavy (non-hydrogen) atoms. The minimum atomic E-state index is -1.20. The highest BCUT2D eigenvalue weighted by Gasteiger charge is 2.46. The number of benzene rings is 3. The van der Waals surface area contributed by atoms with Gasteiger partial charge in [0.15, 0.2) is 6.23 Å². The van der Waals surface area contributed by atoms with Crippen molar-refractivity contribution in [2.24, 2.45) is 11.7 Å². The average Bonchev–Trinajstić information content (AvgIpc) is 3.79. The van der Waals surface area contributed by atoms with Gasteiger partial charge in [0.2, 0.25) is 11.8 Å². The minimum Gasteiger partial charge on any atom is -0.457 e. The Morgan fingerprint density at radius 2 is 1.45 bits per heavy atom. The molecule has 0 saturated carbocycles. The first-order valence-corrected chi connectivity index (χ1v) is 23.1. The van der Waals surface area contributed by atoms with E-state index in [4.69, 9.17) is 15.6 Å². The number of likely N-dealkylation sites (tertiary alicyclic amines) is 3. The highest BCUT2D eigenvalue weighted by molar-refractivity contribution is 6.06. The number of carbonyl (C=O) groups is 4. The van der Waals surface area contributed by atoms with Crippen molar-refractivity contribution in [3.63, 3.8) is 0 Å². The van der Waals surface area contributed by atoms with Crippen LogP contribution in [0.25, 0.3) is 11.3 Å². The molecule has 5 N–H and O–H groups in total. The number of carbonyl (C=O) groups excluding carboxylic acids is 4. The van der Waals surface area contributed by atoms with Crippen LogP contribution in [0.5, 0.6) is 11.5 Å². The molecule has 2 unspecified atom stereocenters. The number of amides is 4. The topological polar surface area (TPSA) is 182 Å². The van der Waals surface area contributed by atoms with Gasteiger partial charge in [-0.1, -0.05) is 24.3 Å². The van der Waals surface area contributed by atoms with Crippen LogP contribution in [0, 0.1) is 5.92 Å². The van der Waals surface area contributed by atoms with Crippen molar-refractivity contribution < 1.29 is 29.0 Å². The van der Waals surface area contributed by atoms with Gasteiger partial charge >= 0.3 is 0 Å². The molecule has 3 aromatic carbocycles. The second-order valence-electron chi connectivity index (χ2n) is 18.7. The Bertz CT molecular complexity index is 2430. The van der Waals surface area contributed by atoms with Crippen LogP contribution in [0.15, 0.2) is 72.8 Å². The fourth-order valence-electron chi connectivity index (χ4n) is 11.5. The lowest BCUT2D eigenvalue weighted by Gasteiger charge is -2.55. The van der Waals surface area contributed by atoms with Crippen LogP contribution in [-0.4, -0.2) is 141 Å². The Hall–Kier alpha value is -5.81.